The Morgan fingerprint density at radius 3 is 3.23 bits per heavy atom. The van der Waals surface area contributed by atoms with Crippen molar-refractivity contribution >= 4 is 11.6 Å². The standard InChI is InChI=1S/C8H9N3O2/c12-8(6-1-2-13-5-6)11-7-3-9-10-4-7/h3-5H,1-2H2,(H,9,10)(H,11,12). The lowest BCUT2D eigenvalue weighted by atomic mass is 10.2. The zero-order chi connectivity index (χ0) is 9.10. The van der Waals surface area contributed by atoms with Crippen LogP contribution < -0.4 is 5.32 Å². The number of hydrogen-bond donors (Lipinski definition) is 2. The van der Waals surface area contributed by atoms with Crippen LogP contribution in [0.15, 0.2) is 24.2 Å². The number of aromatic amines is 1. The normalized spacial score (nSPS) is 14.9. The van der Waals surface area contributed by atoms with E-state index in [4.69, 9.17) is 4.74 Å². The molecule has 13 heavy (non-hydrogen) atoms. The first kappa shape index (κ1) is 7.85. The van der Waals surface area contributed by atoms with Crippen LogP contribution in [0.2, 0.25) is 0 Å². The summed E-state index contributed by atoms with van der Waals surface area (Å²) >= 11 is 0. The molecule has 68 valence electrons. The highest BCUT2D eigenvalue weighted by Crippen LogP contribution is 2.12. The number of nitrogens with zero attached hydrogens (tertiary/aromatic N) is 1. The Kier molecular flexibility index (Phi) is 1.99. The molecule has 2 N–H and O–H groups in total. The van der Waals surface area contributed by atoms with E-state index in [0.29, 0.717) is 24.3 Å². The van der Waals surface area contributed by atoms with Gasteiger partial charge in [-0.05, 0) is 0 Å². The van der Waals surface area contributed by atoms with Crippen LogP contribution in [0, 0.1) is 0 Å². The number of carbonyl (C=O) groups excluding carboxylic acids is 1. The molecule has 0 aromatic carbocycles. The van der Waals surface area contributed by atoms with Crippen LogP contribution >= 0.6 is 0 Å². The molecule has 1 aliphatic heterocycles. The Balaban J connectivity index is 1.99. The Morgan fingerprint density at radius 2 is 2.62 bits per heavy atom. The van der Waals surface area contributed by atoms with E-state index in [9.17, 15) is 4.79 Å². The van der Waals surface area contributed by atoms with E-state index in [-0.39, 0.29) is 5.91 Å². The van der Waals surface area contributed by atoms with Crippen molar-refractivity contribution in [3.05, 3.63) is 24.2 Å². The quantitative estimate of drug-likeness (QED) is 0.700. The van der Waals surface area contributed by atoms with Gasteiger partial charge in [-0.25, -0.2) is 0 Å². The molecule has 1 aromatic rings. The molecule has 0 radical (unpaired) electrons. The lowest BCUT2D eigenvalue weighted by molar-refractivity contribution is -0.112. The molecule has 0 atom stereocenters. The monoisotopic (exact) mass is 179 g/mol. The summed E-state index contributed by atoms with van der Waals surface area (Å²) in [5.41, 5.74) is 1.33. The molecule has 5 nitrogen and oxygen atoms in total. The second-order valence-electron chi connectivity index (χ2n) is 2.70. The molecular formula is C8H9N3O2. The maximum atomic E-state index is 11.4. The SMILES string of the molecule is O=C(Nc1cn[nH]c1)C1=COCC1. The number of rotatable bonds is 2. The van der Waals surface area contributed by atoms with Gasteiger partial charge in [0.2, 0.25) is 0 Å². The lowest BCUT2D eigenvalue weighted by Gasteiger charge is -1.99. The number of aromatic nitrogens is 2. The van der Waals surface area contributed by atoms with Crippen molar-refractivity contribution in [2.45, 2.75) is 6.42 Å². The van der Waals surface area contributed by atoms with E-state index in [1.165, 1.54) is 6.26 Å². The summed E-state index contributed by atoms with van der Waals surface area (Å²) in [6.07, 6.45) is 5.33. The van der Waals surface area contributed by atoms with Crippen molar-refractivity contribution in [3.8, 4) is 0 Å². The first-order chi connectivity index (χ1) is 6.36. The molecule has 1 amide bonds. The van der Waals surface area contributed by atoms with Crippen molar-refractivity contribution in [2.75, 3.05) is 11.9 Å². The number of amides is 1. The van der Waals surface area contributed by atoms with Crippen molar-refractivity contribution in [2.24, 2.45) is 0 Å². The Morgan fingerprint density at radius 1 is 1.69 bits per heavy atom. The topological polar surface area (TPSA) is 67.0 Å². The number of nitrogens with one attached hydrogen (secondary N) is 2. The first-order valence-electron chi connectivity index (χ1n) is 3.97. The minimum Gasteiger partial charge on any atom is -0.500 e. The van der Waals surface area contributed by atoms with Gasteiger partial charge in [0.05, 0.1) is 30.3 Å². The summed E-state index contributed by atoms with van der Waals surface area (Å²) in [7, 11) is 0. The predicted molar refractivity (Wildman–Crippen MR) is 45.9 cm³/mol. The van der Waals surface area contributed by atoms with Crippen LogP contribution in [0.4, 0.5) is 5.69 Å². The average molecular weight is 179 g/mol. The van der Waals surface area contributed by atoms with E-state index < -0.39 is 0 Å². The zero-order valence-corrected chi connectivity index (χ0v) is 6.91. The molecule has 0 spiro atoms. The maximum Gasteiger partial charge on any atom is 0.254 e. The van der Waals surface area contributed by atoms with Crippen LogP contribution in [-0.4, -0.2) is 22.7 Å². The Hall–Kier alpha value is -1.78. The summed E-state index contributed by atoms with van der Waals surface area (Å²) in [5.74, 6) is -0.126. The highest BCUT2D eigenvalue weighted by molar-refractivity contribution is 6.03. The van der Waals surface area contributed by atoms with Gasteiger partial charge in [0.15, 0.2) is 0 Å². The van der Waals surface area contributed by atoms with Gasteiger partial charge >= 0.3 is 0 Å². The number of H-pyrrole nitrogens is 1. The Labute approximate surface area is 74.8 Å². The summed E-state index contributed by atoms with van der Waals surface area (Å²) < 4.78 is 4.95. The fourth-order valence-corrected chi connectivity index (χ4v) is 1.08. The molecule has 0 fully saturated rings. The number of hydrogen-bond acceptors (Lipinski definition) is 3. The predicted octanol–water partition coefficient (Wildman–Crippen LogP) is 0.652. The second kappa shape index (κ2) is 3.30. The molecule has 0 saturated heterocycles. The van der Waals surface area contributed by atoms with Crippen molar-refractivity contribution in [1.82, 2.24) is 10.2 Å². The van der Waals surface area contributed by atoms with Crippen LogP contribution in [-0.2, 0) is 9.53 Å². The zero-order valence-electron chi connectivity index (χ0n) is 6.91. The second-order valence-corrected chi connectivity index (χ2v) is 2.70. The van der Waals surface area contributed by atoms with Crippen LogP contribution in [0.3, 0.4) is 0 Å². The van der Waals surface area contributed by atoms with E-state index >= 15 is 0 Å². The summed E-state index contributed by atoms with van der Waals surface area (Å²) in [5, 5.41) is 9.00. The average Bonchev–Trinajstić information content (AvgIpc) is 2.74. The van der Waals surface area contributed by atoms with Gasteiger partial charge in [-0.2, -0.15) is 5.10 Å². The summed E-state index contributed by atoms with van der Waals surface area (Å²) in [6, 6.07) is 0. The summed E-state index contributed by atoms with van der Waals surface area (Å²) in [4.78, 5) is 11.4. The molecule has 5 heteroatoms. The number of ether oxygens (including phenoxy) is 1. The number of anilines is 1. The van der Waals surface area contributed by atoms with Gasteiger partial charge in [0, 0.05) is 12.6 Å². The summed E-state index contributed by atoms with van der Waals surface area (Å²) in [6.45, 7) is 0.591. The molecule has 2 rings (SSSR count). The molecule has 1 aliphatic rings. The van der Waals surface area contributed by atoms with Crippen molar-refractivity contribution in [1.29, 1.82) is 0 Å². The molecule has 2 heterocycles. The third-order valence-electron chi connectivity index (χ3n) is 1.76. The van der Waals surface area contributed by atoms with Crippen molar-refractivity contribution < 1.29 is 9.53 Å². The van der Waals surface area contributed by atoms with Gasteiger partial charge in [-0.15, -0.1) is 0 Å². The first-order valence-corrected chi connectivity index (χ1v) is 3.97. The molecular weight excluding hydrogens is 170 g/mol. The maximum absolute atomic E-state index is 11.4. The smallest absolute Gasteiger partial charge is 0.254 e. The molecule has 1 aromatic heterocycles. The largest absolute Gasteiger partial charge is 0.500 e. The van der Waals surface area contributed by atoms with Gasteiger partial charge in [-0.3, -0.25) is 9.89 Å². The third kappa shape index (κ3) is 1.69. The van der Waals surface area contributed by atoms with E-state index in [1.54, 1.807) is 12.4 Å². The molecule has 0 aliphatic carbocycles. The fourth-order valence-electron chi connectivity index (χ4n) is 1.08. The minimum absolute atomic E-state index is 0.126. The number of carbonyl (C=O) groups is 1. The van der Waals surface area contributed by atoms with Gasteiger partial charge in [0.1, 0.15) is 0 Å². The lowest BCUT2D eigenvalue weighted by Crippen LogP contribution is -2.12. The molecule has 0 bridgehead atoms. The van der Waals surface area contributed by atoms with Crippen LogP contribution in [0.5, 0.6) is 0 Å². The van der Waals surface area contributed by atoms with Crippen molar-refractivity contribution in [3.63, 3.8) is 0 Å². The van der Waals surface area contributed by atoms with E-state index in [0.717, 1.165) is 0 Å². The van der Waals surface area contributed by atoms with Crippen LogP contribution in [0.25, 0.3) is 0 Å². The third-order valence-corrected chi connectivity index (χ3v) is 1.76. The van der Waals surface area contributed by atoms with Gasteiger partial charge in [-0.1, -0.05) is 0 Å². The highest BCUT2D eigenvalue weighted by atomic mass is 16.5. The minimum atomic E-state index is -0.126. The van der Waals surface area contributed by atoms with E-state index in [1.807, 2.05) is 0 Å². The Bertz CT molecular complexity index is 329. The van der Waals surface area contributed by atoms with Crippen LogP contribution in [0.1, 0.15) is 6.42 Å². The van der Waals surface area contributed by atoms with E-state index in [2.05, 4.69) is 15.5 Å². The fraction of sp³-hybridized carbons (Fsp3) is 0.250. The van der Waals surface area contributed by atoms with Gasteiger partial charge in [0.25, 0.3) is 5.91 Å². The highest BCUT2D eigenvalue weighted by Gasteiger charge is 2.14. The molecule has 0 unspecified atom stereocenters. The molecule has 0 saturated carbocycles. The van der Waals surface area contributed by atoms with Gasteiger partial charge < -0.3 is 10.1 Å².